The third-order valence-electron chi connectivity index (χ3n) is 6.42. The fraction of sp³-hybridized carbons (Fsp3) is 0.600. The molecule has 0 amide bonds. The van der Waals surface area contributed by atoms with Crippen molar-refractivity contribution in [2.24, 2.45) is 0 Å². The first-order chi connectivity index (χ1) is 15.6. The van der Waals surface area contributed by atoms with E-state index in [-0.39, 0.29) is 23.9 Å². The van der Waals surface area contributed by atoms with Crippen LogP contribution in [-0.2, 0) is 15.9 Å². The lowest BCUT2D eigenvalue weighted by molar-refractivity contribution is 0.0578. The first-order valence-electron chi connectivity index (χ1n) is 11.9. The fourth-order valence-corrected chi connectivity index (χ4v) is 5.21. The zero-order valence-corrected chi connectivity index (χ0v) is 24.0. The lowest BCUT2D eigenvalue weighted by Gasteiger charge is -2.39. The van der Waals surface area contributed by atoms with Gasteiger partial charge in [0.25, 0.3) is 0 Å². The van der Waals surface area contributed by atoms with Crippen LogP contribution in [0.15, 0.2) is 36.4 Å². The van der Waals surface area contributed by atoms with Crippen LogP contribution in [0.5, 0.6) is 0 Å². The normalized spacial score (nSPS) is 14.7. The number of nitrogens with zero attached hydrogens (tertiary/aromatic N) is 2. The molecule has 34 heavy (non-hydrogen) atoms. The molecule has 0 fully saturated rings. The quantitative estimate of drug-likeness (QED) is 0.268. The van der Waals surface area contributed by atoms with Crippen LogP contribution < -0.4 is 0 Å². The van der Waals surface area contributed by atoms with Crippen molar-refractivity contribution in [3.05, 3.63) is 53.3 Å². The number of aromatic nitrogens is 2. The lowest BCUT2D eigenvalue weighted by Crippen LogP contribution is -2.42. The van der Waals surface area contributed by atoms with Crippen LogP contribution in [0.2, 0.25) is 43.8 Å². The Morgan fingerprint density at radius 1 is 1.12 bits per heavy atom. The Hall–Kier alpha value is -1.79. The van der Waals surface area contributed by atoms with Gasteiger partial charge >= 0.3 is 5.97 Å². The van der Waals surface area contributed by atoms with Gasteiger partial charge in [-0.3, -0.25) is 0 Å². The molecule has 7 nitrogen and oxygen atoms in total. The number of carboxylic acid groups (broad SMARTS) is 1. The monoisotopic (exact) mass is 506 g/mol. The molecule has 0 spiro atoms. The Morgan fingerprint density at radius 2 is 1.74 bits per heavy atom. The predicted octanol–water partition coefficient (Wildman–Crippen LogP) is 6.08. The molecule has 2 atom stereocenters. The van der Waals surface area contributed by atoms with E-state index in [2.05, 4.69) is 58.6 Å². The molecule has 190 valence electrons. The minimum absolute atomic E-state index is 0.0545. The van der Waals surface area contributed by atoms with Crippen LogP contribution in [0.3, 0.4) is 0 Å². The van der Waals surface area contributed by atoms with Crippen LogP contribution in [-0.4, -0.2) is 49.0 Å². The van der Waals surface area contributed by atoms with Gasteiger partial charge in [-0.25, -0.2) is 9.48 Å². The summed E-state index contributed by atoms with van der Waals surface area (Å²) in [7, 11) is -3.49. The highest BCUT2D eigenvalue weighted by atomic mass is 28.4. The van der Waals surface area contributed by atoms with Gasteiger partial charge in [0.2, 0.25) is 0 Å². The molecule has 2 N–H and O–H groups in total. The van der Waals surface area contributed by atoms with E-state index in [0.717, 1.165) is 11.6 Å². The summed E-state index contributed by atoms with van der Waals surface area (Å²) in [4.78, 5) is 11.9. The zero-order chi connectivity index (χ0) is 25.7. The minimum atomic E-state index is -2.24. The third-order valence-corrected chi connectivity index (χ3v) is 12.6. The number of aliphatic hydroxyl groups is 1. The molecule has 0 bridgehead atoms. The Balaban J connectivity index is 2.33. The Morgan fingerprint density at radius 3 is 2.26 bits per heavy atom. The minimum Gasteiger partial charge on any atom is -0.477 e. The van der Waals surface area contributed by atoms with Crippen molar-refractivity contribution in [2.75, 3.05) is 6.61 Å². The maximum Gasteiger partial charge on any atom is 0.354 e. The lowest BCUT2D eigenvalue weighted by atomic mass is 10.0. The predicted molar refractivity (Wildman–Crippen MR) is 140 cm³/mol. The number of carboxylic acids is 1. The van der Waals surface area contributed by atoms with Crippen LogP contribution in [0.25, 0.3) is 0 Å². The van der Waals surface area contributed by atoms with Crippen molar-refractivity contribution < 1.29 is 24.2 Å². The number of hydrogen-bond acceptors (Lipinski definition) is 5. The molecule has 1 aromatic carbocycles. The van der Waals surface area contributed by atoms with E-state index in [0.29, 0.717) is 12.3 Å². The highest BCUT2D eigenvalue weighted by Crippen LogP contribution is 2.41. The largest absolute Gasteiger partial charge is 0.477 e. The SMILES string of the molecule is CC(C)(C)[Si](C)(C)OC(CC(O)c1ccccc1)c1cc(C(=O)O)n(COCC[Si](C)(C)C)n1. The summed E-state index contributed by atoms with van der Waals surface area (Å²) >= 11 is 0. The van der Waals surface area contributed by atoms with Crippen LogP contribution >= 0.6 is 0 Å². The highest BCUT2D eigenvalue weighted by Gasteiger charge is 2.40. The standard InChI is InChI=1S/C25H42N2O5Si2/c1-25(2,3)34(7,8)32-23(17-22(28)19-12-10-9-11-13-19)20-16-21(24(29)30)27(26-20)18-31-14-15-33(4,5)6/h9-13,16,22-23,28H,14-15,17-18H2,1-8H3,(H,29,30). The molecule has 1 aromatic heterocycles. The number of aliphatic hydroxyl groups excluding tert-OH is 1. The molecule has 9 heteroatoms. The Bertz CT molecular complexity index is 933. The molecule has 0 aliphatic carbocycles. The van der Waals surface area contributed by atoms with Gasteiger partial charge in [-0.1, -0.05) is 70.7 Å². The number of rotatable bonds is 12. The van der Waals surface area contributed by atoms with E-state index in [1.807, 2.05) is 30.3 Å². The van der Waals surface area contributed by atoms with Crippen molar-refractivity contribution in [3.8, 4) is 0 Å². The third kappa shape index (κ3) is 8.16. The summed E-state index contributed by atoms with van der Waals surface area (Å²) in [5.74, 6) is -1.07. The van der Waals surface area contributed by atoms with E-state index in [9.17, 15) is 15.0 Å². The van der Waals surface area contributed by atoms with Crippen molar-refractivity contribution in [3.63, 3.8) is 0 Å². The highest BCUT2D eigenvalue weighted by molar-refractivity contribution is 6.76. The molecule has 2 rings (SSSR count). The van der Waals surface area contributed by atoms with E-state index in [1.54, 1.807) is 6.07 Å². The van der Waals surface area contributed by atoms with Gasteiger partial charge in [-0.05, 0) is 35.8 Å². The second kappa shape index (κ2) is 11.3. The van der Waals surface area contributed by atoms with Crippen LogP contribution in [0.4, 0.5) is 0 Å². The smallest absolute Gasteiger partial charge is 0.354 e. The average molecular weight is 507 g/mol. The van der Waals surface area contributed by atoms with Gasteiger partial charge in [0.15, 0.2) is 8.32 Å². The number of carbonyl (C=O) groups is 1. The summed E-state index contributed by atoms with van der Waals surface area (Å²) in [6.45, 7) is 18.2. The van der Waals surface area contributed by atoms with Crippen molar-refractivity contribution in [1.82, 2.24) is 9.78 Å². The molecule has 0 aliphatic rings. The summed E-state index contributed by atoms with van der Waals surface area (Å²) in [6.07, 6.45) is -1.02. The molecule has 0 saturated carbocycles. The van der Waals surface area contributed by atoms with Gasteiger partial charge in [-0.2, -0.15) is 5.10 Å². The number of benzene rings is 1. The topological polar surface area (TPSA) is 93.8 Å². The molecule has 0 saturated heterocycles. The summed E-state index contributed by atoms with van der Waals surface area (Å²) in [6, 6.07) is 12.0. The van der Waals surface area contributed by atoms with E-state index < -0.39 is 34.6 Å². The maximum atomic E-state index is 11.9. The first kappa shape index (κ1) is 28.5. The molecule has 0 radical (unpaired) electrons. The van der Waals surface area contributed by atoms with Gasteiger partial charge < -0.3 is 19.4 Å². The van der Waals surface area contributed by atoms with Crippen LogP contribution in [0, 0.1) is 0 Å². The van der Waals surface area contributed by atoms with E-state index in [1.165, 1.54) is 4.68 Å². The van der Waals surface area contributed by atoms with Gasteiger partial charge in [-0.15, -0.1) is 0 Å². The average Bonchev–Trinajstić information content (AvgIpc) is 3.14. The Labute approximate surface area is 206 Å². The zero-order valence-electron chi connectivity index (χ0n) is 22.0. The van der Waals surface area contributed by atoms with Gasteiger partial charge in [0, 0.05) is 21.1 Å². The van der Waals surface area contributed by atoms with Gasteiger partial charge in [0.05, 0.1) is 17.9 Å². The van der Waals surface area contributed by atoms with E-state index >= 15 is 0 Å². The number of hydrogen-bond donors (Lipinski definition) is 2. The molecule has 2 aromatic rings. The molecule has 2 unspecified atom stereocenters. The summed E-state index contributed by atoms with van der Waals surface area (Å²) in [5.41, 5.74) is 1.35. The first-order valence-corrected chi connectivity index (χ1v) is 18.5. The van der Waals surface area contributed by atoms with E-state index in [4.69, 9.17) is 9.16 Å². The van der Waals surface area contributed by atoms with Gasteiger partial charge in [0.1, 0.15) is 12.4 Å². The number of ether oxygens (including phenoxy) is 1. The van der Waals surface area contributed by atoms with Crippen molar-refractivity contribution >= 4 is 22.4 Å². The Kier molecular flexibility index (Phi) is 9.46. The summed E-state index contributed by atoms with van der Waals surface area (Å²) < 4.78 is 13.8. The van der Waals surface area contributed by atoms with Crippen molar-refractivity contribution in [2.45, 2.75) is 89.9 Å². The fourth-order valence-electron chi connectivity index (χ4n) is 3.17. The summed E-state index contributed by atoms with van der Waals surface area (Å²) in [5, 5.41) is 25.3. The molecule has 0 aliphatic heterocycles. The van der Waals surface area contributed by atoms with Crippen LogP contribution in [0.1, 0.15) is 61.1 Å². The molecule has 1 heterocycles. The molecular formula is C25H42N2O5Si2. The molecular weight excluding hydrogens is 464 g/mol. The maximum absolute atomic E-state index is 11.9. The number of aromatic carboxylic acids is 1. The second-order valence-corrected chi connectivity index (χ2v) is 22.0. The second-order valence-electron chi connectivity index (χ2n) is 11.6. The van der Waals surface area contributed by atoms with Crippen molar-refractivity contribution in [1.29, 1.82) is 0 Å².